The lowest BCUT2D eigenvalue weighted by molar-refractivity contribution is -0.121. The Balaban J connectivity index is 0.491. The maximum atomic E-state index is 13.4. The van der Waals surface area contributed by atoms with Gasteiger partial charge in [-0.3, -0.25) is 52.7 Å². The predicted octanol–water partition coefficient (Wildman–Crippen LogP) is 3.89. The normalized spacial score (nSPS) is 11.0. The molecule has 13 amide bonds. The summed E-state index contributed by atoms with van der Waals surface area (Å²) in [6.45, 7) is 8.25. The van der Waals surface area contributed by atoms with Gasteiger partial charge in [0.2, 0.25) is 41.1 Å². The van der Waals surface area contributed by atoms with Gasteiger partial charge in [0, 0.05) is 176 Å². The van der Waals surface area contributed by atoms with Crippen molar-refractivity contribution in [1.29, 1.82) is 0 Å². The Hall–Kier alpha value is -15.3. The maximum absolute atomic E-state index is 13.4. The number of unbranched alkanes of at least 4 members (excludes halogenated alkanes) is 1. The molecule has 136 heavy (non-hydrogen) atoms. The fourth-order valence-electron chi connectivity index (χ4n) is 13.1. The monoisotopic (exact) mass is 1890 g/mol. The summed E-state index contributed by atoms with van der Waals surface area (Å²) in [4.78, 5) is 187. The number of ether oxygens (including phenoxy) is 8. The van der Waals surface area contributed by atoms with Gasteiger partial charge in [-0.15, -0.1) is 5.10 Å². The largest absolute Gasteiger partial charge is 0.487 e. The van der Waals surface area contributed by atoms with E-state index in [-0.39, 0.29) is 159 Å². The minimum absolute atomic E-state index is 0.000409. The highest BCUT2D eigenvalue weighted by atomic mass is 16.6. The lowest BCUT2D eigenvalue weighted by Crippen LogP contribution is -2.35. The zero-order valence-corrected chi connectivity index (χ0v) is 77.1. The second kappa shape index (κ2) is 52.8. The quantitative estimate of drug-likeness (QED) is 0.0190. The molecule has 0 saturated carbocycles. The second-order valence-electron chi connectivity index (χ2n) is 30.8. The van der Waals surface area contributed by atoms with E-state index < -0.39 is 65.0 Å². The van der Waals surface area contributed by atoms with Gasteiger partial charge in [-0.25, -0.2) is 34.2 Å². The van der Waals surface area contributed by atoms with Gasteiger partial charge < -0.3 is 139 Å². The van der Waals surface area contributed by atoms with E-state index in [0.29, 0.717) is 121 Å². The molecular weight excluding hydrogens is 1770 g/mol. The summed E-state index contributed by atoms with van der Waals surface area (Å²) < 4.78 is 56.1. The summed E-state index contributed by atoms with van der Waals surface area (Å²) >= 11 is 0. The van der Waals surface area contributed by atoms with Crippen molar-refractivity contribution < 1.29 is 100 Å². The van der Waals surface area contributed by atoms with Crippen LogP contribution in [0.5, 0.6) is 5.75 Å². The Morgan fingerprint density at radius 1 is 0.390 bits per heavy atom. The number of nitrogens with one attached hydrogen (secondary N) is 12. The molecule has 0 atom stereocenters. The van der Waals surface area contributed by atoms with Gasteiger partial charge >= 0.3 is 12.0 Å². The van der Waals surface area contributed by atoms with Crippen molar-refractivity contribution in [3.05, 3.63) is 180 Å². The average Bonchev–Trinajstić information content (AvgIpc) is 1.62. The third kappa shape index (κ3) is 32.9. The van der Waals surface area contributed by atoms with Crippen LogP contribution in [-0.4, -0.2) is 274 Å². The van der Waals surface area contributed by atoms with Gasteiger partial charge in [0.15, 0.2) is 23.3 Å². The first-order chi connectivity index (χ1) is 65.6. The molecule has 0 spiro atoms. The van der Waals surface area contributed by atoms with E-state index in [1.807, 2.05) is 12.1 Å². The number of hydrogen-bond acceptors (Lipinski definition) is 27. The van der Waals surface area contributed by atoms with Crippen LogP contribution >= 0.6 is 0 Å². The molecule has 0 radical (unpaired) electrons. The van der Waals surface area contributed by atoms with E-state index in [4.69, 9.17) is 37.9 Å². The Morgan fingerprint density at radius 3 is 1.36 bits per heavy atom. The van der Waals surface area contributed by atoms with E-state index in [1.54, 1.807) is 118 Å². The number of carbonyl (C=O) groups excluding carboxylic acids is 13. The van der Waals surface area contributed by atoms with E-state index in [0.717, 1.165) is 18.4 Å². The fourth-order valence-corrected chi connectivity index (χ4v) is 13.1. The van der Waals surface area contributed by atoms with Crippen molar-refractivity contribution in [3.63, 3.8) is 0 Å². The summed E-state index contributed by atoms with van der Waals surface area (Å²) in [5.74, 6) is -5.19. The summed E-state index contributed by atoms with van der Waals surface area (Å²) in [6, 6.07) is 18.2. The molecular formula is C88H115N27O21. The van der Waals surface area contributed by atoms with Crippen LogP contribution in [0, 0.1) is 0 Å². The number of aryl methyl sites for hydroxylation is 7. The number of aromatic nitrogens is 14. The Morgan fingerprint density at radius 2 is 0.846 bits per heavy atom. The number of urea groups is 1. The molecule has 0 aliphatic rings. The number of hydrogen-bond donors (Lipinski definition) is 12. The molecule has 10 rings (SSSR count). The van der Waals surface area contributed by atoms with Crippen molar-refractivity contribution >= 4 is 117 Å². The molecule has 8 heterocycles. The molecule has 0 fully saturated rings. The first-order valence-corrected chi connectivity index (χ1v) is 43.7. The molecule has 0 aliphatic carbocycles. The third-order valence-electron chi connectivity index (χ3n) is 20.1. The van der Waals surface area contributed by atoms with Crippen LogP contribution in [0.3, 0.4) is 0 Å². The van der Waals surface area contributed by atoms with Crippen LogP contribution in [0.25, 0.3) is 0 Å². The highest BCUT2D eigenvalue weighted by Crippen LogP contribution is 2.23. The number of carbonyl (C=O) groups is 13. The van der Waals surface area contributed by atoms with Gasteiger partial charge in [0.1, 0.15) is 35.1 Å². The van der Waals surface area contributed by atoms with Crippen molar-refractivity contribution in [2.24, 2.45) is 49.3 Å². The number of anilines is 7. The number of esters is 1. The molecule has 0 unspecified atom stereocenters. The van der Waals surface area contributed by atoms with Crippen LogP contribution in [0.2, 0.25) is 0 Å². The third-order valence-corrected chi connectivity index (χ3v) is 20.1. The molecule has 48 nitrogen and oxygen atoms in total. The standard InChI is InChI=1S/C88H115N27O21/c1-10-11-31-114(49-58-14-16-59(17-15-58)87(127)129-9)88(128)98-60-18-20-65(21-19-60)136-57-64-53-115(106-105-64)33-35-131-37-39-133-41-43-135-45-44-134-42-40-132-38-36-130-34-30-89-72(116)22-26-93-84(124)78-103-71(56-112(78)7)104-82(122)68-46-61(50-110(68)5)95-74(118)23-28-94-83(123)77-101-69(54-111(77)6)99-73(117)13-12-25-91-80(120)66-48-63(52-108(66)3)97-86(126)79-102-70(55-113(79)8)100-75(119)24-27-92-81(121)67-47-62(51-109(67)4)96-85(125)76-90-29-32-107(76)2/h14-21,29,32,46-48,50-56H,10-13,22-28,30-31,33-45,49,57H2,1-9H3,(H,89,116)(H,91,120)(H,92,121)(H,93,124)(H,94,123)(H,95,118)(H,96,125)(H,97,126)(H,98,128)(H,99,117)(H,100,119)(H,104,122). The van der Waals surface area contributed by atoms with Gasteiger partial charge in [-0.1, -0.05) is 30.7 Å². The average molecular weight is 1890 g/mol. The molecule has 48 heteroatoms. The number of imidazole rings is 4. The van der Waals surface area contributed by atoms with Gasteiger partial charge in [0.05, 0.1) is 122 Å². The Labute approximate surface area is 781 Å². The van der Waals surface area contributed by atoms with Crippen LogP contribution in [0.15, 0.2) is 123 Å². The van der Waals surface area contributed by atoms with Crippen LogP contribution in [0.4, 0.5) is 45.0 Å². The van der Waals surface area contributed by atoms with Crippen LogP contribution in [0.1, 0.15) is 147 Å². The zero-order chi connectivity index (χ0) is 97.4. The number of methoxy groups -OCH3 is 1. The summed E-state index contributed by atoms with van der Waals surface area (Å²) in [6.07, 6.45) is 15.4. The van der Waals surface area contributed by atoms with E-state index >= 15 is 0 Å². The first kappa shape index (κ1) is 103. The molecule has 0 saturated heterocycles. The van der Waals surface area contributed by atoms with E-state index in [1.165, 1.54) is 89.9 Å². The number of benzene rings is 2. The van der Waals surface area contributed by atoms with Crippen molar-refractivity contribution in [2.45, 2.75) is 71.6 Å². The molecule has 8 aromatic heterocycles. The summed E-state index contributed by atoms with van der Waals surface area (Å²) in [5, 5.41) is 40.7. The predicted molar refractivity (Wildman–Crippen MR) is 492 cm³/mol. The van der Waals surface area contributed by atoms with E-state index in [9.17, 15) is 62.3 Å². The van der Waals surface area contributed by atoms with Gasteiger partial charge in [-0.2, -0.15) is 0 Å². The Bertz CT molecular complexity index is 5720. The highest BCUT2D eigenvalue weighted by Gasteiger charge is 2.25. The number of rotatable bonds is 57. The summed E-state index contributed by atoms with van der Waals surface area (Å²) in [7, 11) is 12.5. The maximum Gasteiger partial charge on any atom is 0.337 e. The lowest BCUT2D eigenvalue weighted by atomic mass is 10.1. The lowest BCUT2D eigenvalue weighted by Gasteiger charge is -2.23. The van der Waals surface area contributed by atoms with Crippen molar-refractivity contribution in [3.8, 4) is 5.75 Å². The number of amides is 13. The van der Waals surface area contributed by atoms with E-state index in [2.05, 4.69) is 101 Å². The summed E-state index contributed by atoms with van der Waals surface area (Å²) in [5.41, 5.74) is 4.08. The highest BCUT2D eigenvalue weighted by molar-refractivity contribution is 6.06. The van der Waals surface area contributed by atoms with Gasteiger partial charge in [0.25, 0.3) is 41.4 Å². The molecule has 12 N–H and O–H groups in total. The Kier molecular flexibility index (Phi) is 40.0. The van der Waals surface area contributed by atoms with Crippen LogP contribution in [-0.2, 0) is 121 Å². The zero-order valence-electron chi connectivity index (χ0n) is 77.1. The van der Waals surface area contributed by atoms with Crippen LogP contribution < -0.4 is 68.5 Å². The first-order valence-electron chi connectivity index (χ1n) is 43.7. The van der Waals surface area contributed by atoms with Crippen molar-refractivity contribution in [1.82, 2.24) is 98.4 Å². The topological polar surface area (TPSA) is 560 Å². The molecule has 728 valence electrons. The minimum atomic E-state index is -0.642. The SMILES string of the molecule is CCCCN(Cc1ccc(C(=O)OC)cc1)C(=O)Nc1ccc(OCc2cn(CCOCCOCCOCCOCCOCCOCCNC(=O)CCNC(=O)c3nc(NC(=O)c4cc(NC(=O)CCNC(=O)c5nc(NC(=O)CCCNC(=O)c6cc(NC(=O)c7nc(NC(=O)CCNC(=O)c8cc(NC(=O)c9nccn9C)cn8C)cn7C)cn6C)cn5C)cn4C)cn3C)nn2)cc1. The minimum Gasteiger partial charge on any atom is -0.487 e. The van der Waals surface area contributed by atoms with Crippen molar-refractivity contribution in [2.75, 3.05) is 163 Å². The fraction of sp³-hybridized carbons (Fsp3) is 0.420. The van der Waals surface area contributed by atoms with Gasteiger partial charge in [-0.05, 0) is 73.0 Å². The molecule has 10 aromatic rings. The molecule has 0 bridgehead atoms. The smallest absolute Gasteiger partial charge is 0.337 e. The number of nitrogens with zero attached hydrogens (tertiary/aromatic N) is 15. The second-order valence-corrected chi connectivity index (χ2v) is 30.8. The molecule has 0 aliphatic heterocycles. The molecule has 2 aromatic carbocycles.